The summed E-state index contributed by atoms with van der Waals surface area (Å²) in [6.07, 6.45) is 1.09. The van der Waals surface area contributed by atoms with Gasteiger partial charge in [-0.1, -0.05) is 42.0 Å². The van der Waals surface area contributed by atoms with Gasteiger partial charge in [0.2, 0.25) is 15.9 Å². The first-order chi connectivity index (χ1) is 15.4. The van der Waals surface area contributed by atoms with Crippen molar-refractivity contribution >= 4 is 15.9 Å². The van der Waals surface area contributed by atoms with E-state index in [1.54, 1.807) is 24.3 Å². The number of amides is 1. The number of aryl methyl sites for hydroxylation is 1. The molecule has 3 atom stereocenters. The Hall–Kier alpha value is -2.26. The van der Waals surface area contributed by atoms with Crippen LogP contribution in [-0.4, -0.2) is 55.7 Å². The number of carbonyl (C=O) groups excluding carboxylic acids is 1. The molecule has 1 saturated heterocycles. The van der Waals surface area contributed by atoms with Gasteiger partial charge in [0, 0.05) is 13.1 Å². The van der Waals surface area contributed by atoms with E-state index in [0.29, 0.717) is 25.9 Å². The molecule has 1 amide bonds. The van der Waals surface area contributed by atoms with Crippen LogP contribution >= 0.6 is 0 Å². The zero-order valence-electron chi connectivity index (χ0n) is 18.2. The molecule has 2 N–H and O–H groups in total. The van der Waals surface area contributed by atoms with Crippen molar-refractivity contribution in [2.45, 2.75) is 62.3 Å². The van der Waals surface area contributed by atoms with Gasteiger partial charge in [0.25, 0.3) is 0 Å². The first-order valence-electron chi connectivity index (χ1n) is 11.1. The Morgan fingerprint density at radius 2 is 1.84 bits per heavy atom. The molecule has 0 aliphatic carbocycles. The molecule has 2 heterocycles. The molecular formula is C24H30N2O5S. The number of benzene rings is 2. The monoisotopic (exact) mass is 458 g/mol. The number of aliphatic hydroxyl groups excluding tert-OH is 1. The number of sulfonamides is 1. The number of nitrogens with one attached hydrogen (secondary N) is 1. The van der Waals surface area contributed by atoms with Crippen LogP contribution in [0.3, 0.4) is 0 Å². The van der Waals surface area contributed by atoms with E-state index in [4.69, 9.17) is 4.74 Å². The topological polar surface area (TPSA) is 95.9 Å². The van der Waals surface area contributed by atoms with Gasteiger partial charge in [-0.3, -0.25) is 4.79 Å². The predicted octanol–water partition coefficient (Wildman–Crippen LogP) is 2.16. The number of fused-ring (bicyclic) bond motifs is 1. The van der Waals surface area contributed by atoms with E-state index in [1.807, 2.05) is 24.0 Å². The molecule has 0 saturated carbocycles. The zero-order valence-corrected chi connectivity index (χ0v) is 19.1. The minimum atomic E-state index is -3.72. The first kappa shape index (κ1) is 22.9. The van der Waals surface area contributed by atoms with Gasteiger partial charge in [-0.15, -0.1) is 0 Å². The molecule has 2 aromatic rings. The molecule has 0 radical (unpaired) electrons. The Morgan fingerprint density at radius 3 is 2.56 bits per heavy atom. The summed E-state index contributed by atoms with van der Waals surface area (Å²) in [6.45, 7) is 2.86. The molecule has 2 aliphatic heterocycles. The van der Waals surface area contributed by atoms with Crippen molar-refractivity contribution in [3.63, 3.8) is 0 Å². The lowest BCUT2D eigenvalue weighted by Crippen LogP contribution is -2.51. The Kier molecular flexibility index (Phi) is 6.95. The average molecular weight is 459 g/mol. The number of nitrogens with zero attached hydrogens (tertiary/aromatic N) is 1. The van der Waals surface area contributed by atoms with Gasteiger partial charge < -0.3 is 14.7 Å². The quantitative estimate of drug-likeness (QED) is 0.692. The molecule has 0 aromatic heterocycles. The van der Waals surface area contributed by atoms with E-state index >= 15 is 0 Å². The van der Waals surface area contributed by atoms with Crippen LogP contribution in [0.4, 0.5) is 0 Å². The van der Waals surface area contributed by atoms with E-state index in [-0.39, 0.29) is 29.9 Å². The molecule has 8 heteroatoms. The second-order valence-electron chi connectivity index (χ2n) is 8.64. The molecule has 7 nitrogen and oxygen atoms in total. The highest BCUT2D eigenvalue weighted by molar-refractivity contribution is 7.89. The van der Waals surface area contributed by atoms with E-state index in [9.17, 15) is 18.3 Å². The highest BCUT2D eigenvalue weighted by Crippen LogP contribution is 2.26. The van der Waals surface area contributed by atoms with Gasteiger partial charge in [0.15, 0.2) is 0 Å². The maximum atomic E-state index is 12.9. The van der Waals surface area contributed by atoms with Crippen LogP contribution < -0.4 is 4.72 Å². The third-order valence-corrected chi connectivity index (χ3v) is 7.82. The minimum absolute atomic E-state index is 0.0277. The molecule has 4 rings (SSSR count). The Morgan fingerprint density at radius 1 is 1.12 bits per heavy atom. The molecule has 0 bridgehead atoms. The van der Waals surface area contributed by atoms with Crippen LogP contribution in [0.1, 0.15) is 36.0 Å². The van der Waals surface area contributed by atoms with Crippen LogP contribution in [0.15, 0.2) is 53.4 Å². The Balaban J connectivity index is 1.34. The third kappa shape index (κ3) is 5.20. The fraction of sp³-hybridized carbons (Fsp3) is 0.458. The van der Waals surface area contributed by atoms with E-state index < -0.39 is 22.2 Å². The number of carbonyl (C=O) groups is 1. The van der Waals surface area contributed by atoms with Crippen LogP contribution in [0, 0.1) is 6.92 Å². The lowest BCUT2D eigenvalue weighted by Gasteiger charge is -2.37. The van der Waals surface area contributed by atoms with Crippen LogP contribution in [0.2, 0.25) is 0 Å². The molecule has 2 aromatic carbocycles. The van der Waals surface area contributed by atoms with Gasteiger partial charge in [-0.2, -0.15) is 0 Å². The molecule has 0 unspecified atom stereocenters. The normalized spacial score (nSPS) is 23.6. The van der Waals surface area contributed by atoms with Crippen molar-refractivity contribution < 1.29 is 23.1 Å². The fourth-order valence-corrected chi connectivity index (χ4v) is 5.73. The standard InChI is InChI=1S/C24H30N2O5S/c1-17-6-9-21(10-7-17)32(29,30)25-22-11-8-20(31-23(22)16-27)14-24(28)26-13-12-18-4-2-3-5-19(18)15-26/h2-7,9-10,20,22-23,25,27H,8,11-16H2,1H3/t20-,22+,23+/m1/s1. The molecule has 172 valence electrons. The van der Waals surface area contributed by atoms with Gasteiger partial charge in [0.05, 0.1) is 36.2 Å². The summed E-state index contributed by atoms with van der Waals surface area (Å²) in [6, 6.07) is 14.2. The van der Waals surface area contributed by atoms with Crippen molar-refractivity contribution in [2.24, 2.45) is 0 Å². The summed E-state index contributed by atoms with van der Waals surface area (Å²) in [5.41, 5.74) is 3.44. The van der Waals surface area contributed by atoms with Gasteiger partial charge in [-0.05, 0) is 49.4 Å². The number of hydrogen-bond donors (Lipinski definition) is 2. The fourth-order valence-electron chi connectivity index (χ4n) is 4.43. The van der Waals surface area contributed by atoms with Crippen molar-refractivity contribution in [3.05, 3.63) is 65.2 Å². The van der Waals surface area contributed by atoms with E-state index in [0.717, 1.165) is 12.0 Å². The minimum Gasteiger partial charge on any atom is -0.394 e. The summed E-state index contributed by atoms with van der Waals surface area (Å²) in [7, 11) is -3.72. The van der Waals surface area contributed by atoms with Gasteiger partial charge >= 0.3 is 0 Å². The van der Waals surface area contributed by atoms with Crippen LogP contribution in [0.25, 0.3) is 0 Å². The Bertz CT molecular complexity index is 1050. The van der Waals surface area contributed by atoms with Gasteiger partial charge in [-0.25, -0.2) is 13.1 Å². The SMILES string of the molecule is Cc1ccc(S(=O)(=O)N[C@H]2CC[C@H](CC(=O)N3CCc4ccccc4C3)O[C@H]2CO)cc1. The van der Waals surface area contributed by atoms with E-state index in [2.05, 4.69) is 16.9 Å². The first-order valence-corrected chi connectivity index (χ1v) is 12.5. The number of rotatable bonds is 6. The summed E-state index contributed by atoms with van der Waals surface area (Å²) < 4.78 is 34.1. The lowest BCUT2D eigenvalue weighted by atomic mass is 9.96. The summed E-state index contributed by atoms with van der Waals surface area (Å²) in [4.78, 5) is 14.9. The third-order valence-electron chi connectivity index (χ3n) is 6.32. The highest BCUT2D eigenvalue weighted by Gasteiger charge is 2.35. The molecule has 32 heavy (non-hydrogen) atoms. The zero-order chi connectivity index (χ0) is 22.7. The maximum Gasteiger partial charge on any atom is 0.240 e. The van der Waals surface area contributed by atoms with Crippen molar-refractivity contribution in [2.75, 3.05) is 13.2 Å². The molecular weight excluding hydrogens is 428 g/mol. The Labute approximate surface area is 189 Å². The van der Waals surface area contributed by atoms with Crippen molar-refractivity contribution in [3.8, 4) is 0 Å². The molecule has 0 spiro atoms. The predicted molar refractivity (Wildman–Crippen MR) is 120 cm³/mol. The van der Waals surface area contributed by atoms with E-state index in [1.165, 1.54) is 11.1 Å². The number of aliphatic hydroxyl groups is 1. The summed E-state index contributed by atoms with van der Waals surface area (Å²) in [5.74, 6) is 0.0277. The largest absolute Gasteiger partial charge is 0.394 e. The maximum absolute atomic E-state index is 12.9. The average Bonchev–Trinajstić information content (AvgIpc) is 2.79. The number of ether oxygens (including phenoxy) is 1. The summed E-state index contributed by atoms with van der Waals surface area (Å²) in [5, 5.41) is 9.82. The second kappa shape index (κ2) is 9.70. The molecule has 2 aliphatic rings. The van der Waals surface area contributed by atoms with Crippen molar-refractivity contribution in [1.29, 1.82) is 0 Å². The van der Waals surface area contributed by atoms with Crippen molar-refractivity contribution in [1.82, 2.24) is 9.62 Å². The smallest absolute Gasteiger partial charge is 0.240 e. The second-order valence-corrected chi connectivity index (χ2v) is 10.3. The van der Waals surface area contributed by atoms with Crippen LogP contribution in [-0.2, 0) is 32.5 Å². The highest BCUT2D eigenvalue weighted by atomic mass is 32.2. The van der Waals surface area contributed by atoms with Gasteiger partial charge in [0.1, 0.15) is 0 Å². The molecule has 1 fully saturated rings. The summed E-state index contributed by atoms with van der Waals surface area (Å²) >= 11 is 0. The number of hydrogen-bond acceptors (Lipinski definition) is 5. The van der Waals surface area contributed by atoms with Crippen LogP contribution in [0.5, 0.6) is 0 Å². The lowest BCUT2D eigenvalue weighted by molar-refractivity contribution is -0.140.